The van der Waals surface area contributed by atoms with Gasteiger partial charge in [-0.15, -0.1) is 0 Å². The second-order valence-corrected chi connectivity index (χ2v) is 4.26. The summed E-state index contributed by atoms with van der Waals surface area (Å²) in [4.78, 5) is 12.0. The minimum atomic E-state index is 0.0155. The highest BCUT2D eigenvalue weighted by molar-refractivity contribution is 5.92. The first-order chi connectivity index (χ1) is 8.20. The van der Waals surface area contributed by atoms with Crippen LogP contribution in [0.25, 0.3) is 0 Å². The fourth-order valence-electron chi connectivity index (χ4n) is 1.97. The summed E-state index contributed by atoms with van der Waals surface area (Å²) in [6.07, 6.45) is 3.37. The lowest BCUT2D eigenvalue weighted by Crippen LogP contribution is -2.29. The van der Waals surface area contributed by atoms with E-state index in [0.717, 1.165) is 18.4 Å². The molecule has 1 aromatic heterocycles. The maximum Gasteiger partial charge on any atom is 0.228 e. The van der Waals surface area contributed by atoms with Crippen LogP contribution in [0.2, 0.25) is 0 Å². The number of nitrogens with one attached hydrogen (secondary N) is 1. The van der Waals surface area contributed by atoms with Crippen molar-refractivity contribution in [1.82, 2.24) is 9.78 Å². The Labute approximate surface area is 100 Å². The molecule has 2 heterocycles. The van der Waals surface area contributed by atoms with Crippen LogP contribution in [0.1, 0.15) is 18.4 Å². The average Bonchev–Trinajstić information content (AvgIpc) is 2.70. The Bertz CT molecular complexity index is 396. The number of carbonyl (C=O) groups is 1. The monoisotopic (exact) mass is 238 g/mol. The molecule has 1 fully saturated rings. The fourth-order valence-corrected chi connectivity index (χ4v) is 1.97. The van der Waals surface area contributed by atoms with Crippen molar-refractivity contribution in [2.45, 2.75) is 19.4 Å². The number of hydrogen-bond donors (Lipinski definition) is 2. The number of anilines is 1. The maximum absolute atomic E-state index is 12.0. The zero-order valence-corrected chi connectivity index (χ0v) is 9.98. The molecule has 6 heteroatoms. The van der Waals surface area contributed by atoms with Crippen LogP contribution in [-0.2, 0) is 23.1 Å². The molecule has 94 valence electrons. The zero-order valence-electron chi connectivity index (χ0n) is 9.98. The van der Waals surface area contributed by atoms with Crippen LogP contribution in [-0.4, -0.2) is 28.9 Å². The highest BCUT2D eigenvalue weighted by Gasteiger charge is 2.22. The van der Waals surface area contributed by atoms with Crippen LogP contribution in [0.3, 0.4) is 0 Å². The standard InChI is InChI=1S/C11H18N4O2/c1-15-7-9(6-12)10(14-15)13-11(16)8-2-4-17-5-3-8/h7-8H,2-6,12H2,1H3,(H,13,14,16). The van der Waals surface area contributed by atoms with Gasteiger partial charge in [0.15, 0.2) is 5.82 Å². The van der Waals surface area contributed by atoms with Crippen molar-refractivity contribution in [2.75, 3.05) is 18.5 Å². The average molecular weight is 238 g/mol. The molecule has 1 aliphatic heterocycles. The molecule has 1 aliphatic rings. The van der Waals surface area contributed by atoms with Crippen molar-refractivity contribution in [3.8, 4) is 0 Å². The molecule has 0 aromatic carbocycles. The molecule has 0 spiro atoms. The molecule has 0 unspecified atom stereocenters. The minimum absolute atomic E-state index is 0.0155. The van der Waals surface area contributed by atoms with Crippen LogP contribution in [0.15, 0.2) is 6.20 Å². The summed E-state index contributed by atoms with van der Waals surface area (Å²) in [5.41, 5.74) is 6.45. The van der Waals surface area contributed by atoms with E-state index < -0.39 is 0 Å². The molecule has 1 aromatic rings. The molecule has 0 bridgehead atoms. The van der Waals surface area contributed by atoms with Crippen molar-refractivity contribution in [1.29, 1.82) is 0 Å². The third-order valence-electron chi connectivity index (χ3n) is 2.96. The SMILES string of the molecule is Cn1cc(CN)c(NC(=O)C2CCOCC2)n1. The minimum Gasteiger partial charge on any atom is -0.381 e. The van der Waals surface area contributed by atoms with Gasteiger partial charge >= 0.3 is 0 Å². The lowest BCUT2D eigenvalue weighted by Gasteiger charge is -2.20. The number of carbonyl (C=O) groups excluding carboxylic acids is 1. The van der Waals surface area contributed by atoms with Gasteiger partial charge in [0.25, 0.3) is 0 Å². The Balaban J connectivity index is 2.01. The van der Waals surface area contributed by atoms with Crippen LogP contribution in [0.5, 0.6) is 0 Å². The fraction of sp³-hybridized carbons (Fsp3) is 0.636. The van der Waals surface area contributed by atoms with E-state index in [1.807, 2.05) is 13.2 Å². The lowest BCUT2D eigenvalue weighted by molar-refractivity contribution is -0.122. The third kappa shape index (κ3) is 2.83. The van der Waals surface area contributed by atoms with Crippen LogP contribution < -0.4 is 11.1 Å². The number of aryl methyl sites for hydroxylation is 1. The maximum atomic E-state index is 12.0. The van der Waals surface area contributed by atoms with Gasteiger partial charge in [-0.3, -0.25) is 9.48 Å². The zero-order chi connectivity index (χ0) is 12.3. The summed E-state index contributed by atoms with van der Waals surface area (Å²) in [6.45, 7) is 1.69. The van der Waals surface area contributed by atoms with Gasteiger partial charge in [0.2, 0.25) is 5.91 Å². The van der Waals surface area contributed by atoms with E-state index in [0.29, 0.717) is 25.6 Å². The Hall–Kier alpha value is -1.40. The number of nitrogens with two attached hydrogens (primary N) is 1. The van der Waals surface area contributed by atoms with E-state index in [9.17, 15) is 4.79 Å². The predicted octanol–water partition coefficient (Wildman–Crippen LogP) is 0.244. The van der Waals surface area contributed by atoms with Crippen molar-refractivity contribution < 1.29 is 9.53 Å². The number of aromatic nitrogens is 2. The Kier molecular flexibility index (Phi) is 3.75. The Morgan fingerprint density at radius 1 is 1.65 bits per heavy atom. The molecule has 2 rings (SSSR count). The second-order valence-electron chi connectivity index (χ2n) is 4.26. The van der Waals surface area contributed by atoms with Gasteiger partial charge in [-0.05, 0) is 12.8 Å². The number of rotatable bonds is 3. The van der Waals surface area contributed by atoms with E-state index in [-0.39, 0.29) is 11.8 Å². The molecule has 1 saturated heterocycles. The summed E-state index contributed by atoms with van der Waals surface area (Å²) >= 11 is 0. The summed E-state index contributed by atoms with van der Waals surface area (Å²) in [6, 6.07) is 0. The van der Waals surface area contributed by atoms with Gasteiger partial charge in [0, 0.05) is 44.5 Å². The summed E-state index contributed by atoms with van der Waals surface area (Å²) in [5, 5.41) is 7.04. The smallest absolute Gasteiger partial charge is 0.228 e. The second kappa shape index (κ2) is 5.29. The van der Waals surface area contributed by atoms with Crippen LogP contribution >= 0.6 is 0 Å². The molecule has 0 aliphatic carbocycles. The van der Waals surface area contributed by atoms with Gasteiger partial charge in [0.1, 0.15) is 0 Å². The number of amides is 1. The van der Waals surface area contributed by atoms with E-state index >= 15 is 0 Å². The number of hydrogen-bond acceptors (Lipinski definition) is 4. The van der Waals surface area contributed by atoms with E-state index in [2.05, 4.69) is 10.4 Å². The van der Waals surface area contributed by atoms with Crippen LogP contribution in [0, 0.1) is 5.92 Å². The molecular weight excluding hydrogens is 220 g/mol. The normalized spacial score (nSPS) is 17.1. The molecular formula is C11H18N4O2. The lowest BCUT2D eigenvalue weighted by atomic mass is 9.99. The van der Waals surface area contributed by atoms with Gasteiger partial charge in [-0.2, -0.15) is 5.10 Å². The van der Waals surface area contributed by atoms with E-state index in [1.165, 1.54) is 0 Å². The topological polar surface area (TPSA) is 82.2 Å². The van der Waals surface area contributed by atoms with Gasteiger partial charge in [0.05, 0.1) is 0 Å². The van der Waals surface area contributed by atoms with Crippen molar-refractivity contribution in [3.63, 3.8) is 0 Å². The summed E-state index contributed by atoms with van der Waals surface area (Å²) in [7, 11) is 1.81. The summed E-state index contributed by atoms with van der Waals surface area (Å²) < 4.78 is 6.88. The third-order valence-corrected chi connectivity index (χ3v) is 2.96. The van der Waals surface area contributed by atoms with Crippen molar-refractivity contribution in [3.05, 3.63) is 11.8 Å². The van der Waals surface area contributed by atoms with Gasteiger partial charge in [-0.25, -0.2) is 0 Å². The molecule has 1 amide bonds. The number of ether oxygens (including phenoxy) is 1. The molecule has 3 N–H and O–H groups in total. The first-order valence-electron chi connectivity index (χ1n) is 5.82. The molecule has 0 radical (unpaired) electrons. The molecule has 0 saturated carbocycles. The molecule has 0 atom stereocenters. The van der Waals surface area contributed by atoms with E-state index in [4.69, 9.17) is 10.5 Å². The first-order valence-corrected chi connectivity index (χ1v) is 5.82. The Morgan fingerprint density at radius 2 is 2.35 bits per heavy atom. The molecule has 6 nitrogen and oxygen atoms in total. The predicted molar refractivity (Wildman–Crippen MR) is 63.3 cm³/mol. The summed E-state index contributed by atoms with van der Waals surface area (Å²) in [5.74, 6) is 0.615. The molecule has 17 heavy (non-hydrogen) atoms. The van der Waals surface area contributed by atoms with Gasteiger partial charge < -0.3 is 15.8 Å². The van der Waals surface area contributed by atoms with E-state index in [1.54, 1.807) is 4.68 Å². The largest absolute Gasteiger partial charge is 0.381 e. The Morgan fingerprint density at radius 3 is 3.00 bits per heavy atom. The first kappa shape index (κ1) is 12.1. The van der Waals surface area contributed by atoms with Crippen LogP contribution in [0.4, 0.5) is 5.82 Å². The highest BCUT2D eigenvalue weighted by atomic mass is 16.5. The van der Waals surface area contributed by atoms with Gasteiger partial charge in [-0.1, -0.05) is 0 Å². The number of nitrogens with zero attached hydrogens (tertiary/aromatic N) is 2. The highest BCUT2D eigenvalue weighted by Crippen LogP contribution is 2.18. The van der Waals surface area contributed by atoms with Crippen molar-refractivity contribution in [2.24, 2.45) is 18.7 Å². The van der Waals surface area contributed by atoms with Crippen molar-refractivity contribution >= 4 is 11.7 Å². The quantitative estimate of drug-likeness (QED) is 0.790.